The molecule has 2 unspecified atom stereocenters. The number of allylic oxidation sites excluding steroid dienone is 24. The second-order valence-corrected chi connectivity index (χ2v) is 23.8. The minimum Gasteiger partial charge on any atom is -0.756 e. The zero-order chi connectivity index (χ0) is 59.8. The molecule has 0 aliphatic rings. The smallest absolute Gasteiger partial charge is 0.306 e. The maximum atomic E-state index is 12.8. The van der Waals surface area contributed by atoms with Gasteiger partial charge in [-0.2, -0.15) is 0 Å². The van der Waals surface area contributed by atoms with Crippen LogP contribution in [0.25, 0.3) is 0 Å². The summed E-state index contributed by atoms with van der Waals surface area (Å²) >= 11 is 0. The normalized spacial score (nSPS) is 14.2. The van der Waals surface area contributed by atoms with Gasteiger partial charge in [0.2, 0.25) is 0 Å². The lowest BCUT2D eigenvalue weighted by atomic mass is 10.0. The number of phosphoric acid groups is 1. The molecule has 2 atom stereocenters. The Morgan fingerprint density at radius 1 is 0.378 bits per heavy atom. The number of rotatable bonds is 58. The minimum absolute atomic E-state index is 0.0401. The Hall–Kier alpha value is -4.11. The number of likely N-dealkylation sites (N-methyl/N-ethyl adjacent to an activating group) is 1. The van der Waals surface area contributed by atoms with Gasteiger partial charge >= 0.3 is 11.9 Å². The Balaban J connectivity index is 4.13. The van der Waals surface area contributed by atoms with Gasteiger partial charge in [-0.15, -0.1) is 0 Å². The van der Waals surface area contributed by atoms with Crippen LogP contribution < -0.4 is 4.89 Å². The van der Waals surface area contributed by atoms with Crippen LogP contribution in [0, 0.1) is 0 Å². The molecule has 82 heavy (non-hydrogen) atoms. The summed E-state index contributed by atoms with van der Waals surface area (Å²) in [4.78, 5) is 38.0. The topological polar surface area (TPSA) is 111 Å². The van der Waals surface area contributed by atoms with Crippen LogP contribution in [0.5, 0.6) is 0 Å². The molecule has 0 spiro atoms. The highest BCUT2D eigenvalue weighted by atomic mass is 31.2. The maximum absolute atomic E-state index is 12.8. The fourth-order valence-electron chi connectivity index (χ4n) is 8.43. The lowest BCUT2D eigenvalue weighted by Gasteiger charge is -2.28. The van der Waals surface area contributed by atoms with Crippen LogP contribution in [0.1, 0.15) is 245 Å². The van der Waals surface area contributed by atoms with Crippen molar-refractivity contribution in [2.45, 2.75) is 251 Å². The lowest BCUT2D eigenvalue weighted by Crippen LogP contribution is -2.37. The monoisotopic (exact) mass is 1160 g/mol. The van der Waals surface area contributed by atoms with Gasteiger partial charge in [0.15, 0.2) is 6.10 Å². The summed E-state index contributed by atoms with van der Waals surface area (Å²) in [5.41, 5.74) is 0. The largest absolute Gasteiger partial charge is 0.756 e. The van der Waals surface area contributed by atoms with Gasteiger partial charge in [0.25, 0.3) is 7.82 Å². The molecule has 0 saturated carbocycles. The number of phosphoric ester groups is 1. The summed E-state index contributed by atoms with van der Waals surface area (Å²) in [6.45, 7) is 3.99. The van der Waals surface area contributed by atoms with Crippen molar-refractivity contribution in [2.75, 3.05) is 47.5 Å². The van der Waals surface area contributed by atoms with Crippen molar-refractivity contribution in [3.05, 3.63) is 146 Å². The predicted molar refractivity (Wildman–Crippen MR) is 350 cm³/mol. The molecule has 10 heteroatoms. The first-order chi connectivity index (χ1) is 40.0. The van der Waals surface area contributed by atoms with Gasteiger partial charge in [0.1, 0.15) is 19.8 Å². The first kappa shape index (κ1) is 77.9. The van der Waals surface area contributed by atoms with E-state index in [0.717, 1.165) is 122 Å². The van der Waals surface area contributed by atoms with Crippen LogP contribution in [0.3, 0.4) is 0 Å². The second kappa shape index (κ2) is 61.5. The van der Waals surface area contributed by atoms with Gasteiger partial charge in [-0.1, -0.05) is 262 Å². The highest BCUT2D eigenvalue weighted by Gasteiger charge is 2.22. The molecule has 0 saturated heterocycles. The molecule has 9 nitrogen and oxygen atoms in total. The number of nitrogens with zero attached hydrogens (tertiary/aromatic N) is 1. The molecule has 0 radical (unpaired) electrons. The van der Waals surface area contributed by atoms with Gasteiger partial charge in [0.05, 0.1) is 27.7 Å². The maximum Gasteiger partial charge on any atom is 0.306 e. The van der Waals surface area contributed by atoms with E-state index in [9.17, 15) is 19.0 Å². The quantitative estimate of drug-likeness (QED) is 0.0195. The summed E-state index contributed by atoms with van der Waals surface area (Å²) < 4.78 is 34.2. The third-order valence-corrected chi connectivity index (χ3v) is 14.3. The SMILES string of the molecule is CC/C=C\C/C=C\C/C=C\C/C=C\C/C=C\C/C=C\C/C=C\CCCCCCCCCCCCCCCC(=O)OC(COC(=O)CCCCCCCCC/C=C\C/C=C\C/C=C\C/C=C\C/C=C\CC)COP(=O)([O-])OCC[N+](C)(C)C. The summed E-state index contributed by atoms with van der Waals surface area (Å²) in [6.07, 6.45) is 90.5. The number of ether oxygens (including phenoxy) is 2. The average molecular weight is 1160 g/mol. The van der Waals surface area contributed by atoms with Gasteiger partial charge < -0.3 is 27.9 Å². The van der Waals surface area contributed by atoms with Crippen molar-refractivity contribution in [3.63, 3.8) is 0 Å². The minimum atomic E-state index is -4.65. The molecule has 0 amide bonds. The van der Waals surface area contributed by atoms with E-state index in [4.69, 9.17) is 18.5 Å². The fraction of sp³-hybridized carbons (Fsp3) is 0.639. The summed E-state index contributed by atoms with van der Waals surface area (Å²) in [6, 6.07) is 0. The number of carbonyl (C=O) groups is 2. The molecule has 0 aliphatic carbocycles. The fourth-order valence-corrected chi connectivity index (χ4v) is 9.16. The van der Waals surface area contributed by atoms with Gasteiger partial charge in [-0.05, 0) is 116 Å². The number of hydrogen-bond donors (Lipinski definition) is 0. The van der Waals surface area contributed by atoms with E-state index in [1.807, 2.05) is 21.1 Å². The molecule has 0 aromatic heterocycles. The molecule has 0 rings (SSSR count). The Morgan fingerprint density at radius 3 is 0.976 bits per heavy atom. The Kier molecular flexibility index (Phi) is 58.4. The first-order valence-corrected chi connectivity index (χ1v) is 34.0. The molecule has 0 aromatic carbocycles. The van der Waals surface area contributed by atoms with Crippen LogP contribution in [-0.4, -0.2) is 70.0 Å². The number of quaternary nitrogens is 1. The van der Waals surface area contributed by atoms with Crippen molar-refractivity contribution in [1.82, 2.24) is 0 Å². The molecular weight excluding hydrogens is 1040 g/mol. The van der Waals surface area contributed by atoms with E-state index >= 15 is 0 Å². The molecule has 466 valence electrons. The number of carbonyl (C=O) groups excluding carboxylic acids is 2. The predicted octanol–water partition coefficient (Wildman–Crippen LogP) is 20.4. The van der Waals surface area contributed by atoms with Gasteiger partial charge in [0, 0.05) is 12.8 Å². The number of hydrogen-bond acceptors (Lipinski definition) is 8. The van der Waals surface area contributed by atoms with E-state index < -0.39 is 32.5 Å². The van der Waals surface area contributed by atoms with E-state index in [1.54, 1.807) is 0 Å². The van der Waals surface area contributed by atoms with Crippen LogP contribution in [0.4, 0.5) is 0 Å². The van der Waals surface area contributed by atoms with Crippen LogP contribution in [0.15, 0.2) is 146 Å². The highest BCUT2D eigenvalue weighted by Crippen LogP contribution is 2.38. The molecular formula is C72H120NO8P. The highest BCUT2D eigenvalue weighted by molar-refractivity contribution is 7.45. The molecule has 0 heterocycles. The first-order valence-electron chi connectivity index (χ1n) is 32.5. The second-order valence-electron chi connectivity index (χ2n) is 22.4. The lowest BCUT2D eigenvalue weighted by molar-refractivity contribution is -0.870. The molecule has 0 aliphatic heterocycles. The van der Waals surface area contributed by atoms with E-state index in [2.05, 4.69) is 160 Å². The van der Waals surface area contributed by atoms with E-state index in [1.165, 1.54) is 83.5 Å². The zero-order valence-corrected chi connectivity index (χ0v) is 53.8. The van der Waals surface area contributed by atoms with Crippen molar-refractivity contribution < 1.29 is 42.1 Å². The Bertz CT molecular complexity index is 1890. The third kappa shape index (κ3) is 65.0. The Morgan fingerprint density at radius 2 is 0.659 bits per heavy atom. The van der Waals surface area contributed by atoms with Gasteiger partial charge in [-0.25, -0.2) is 0 Å². The van der Waals surface area contributed by atoms with Crippen LogP contribution in [-0.2, 0) is 32.7 Å². The molecule has 0 aromatic rings. The molecule has 0 fully saturated rings. The standard InChI is InChI=1S/C72H120NO8P/c1-6-8-10-12-14-16-18-20-22-24-26-28-30-31-32-33-34-35-36-37-38-39-40-41-43-45-47-49-51-53-55-57-59-61-63-65-72(75)81-70(69-80-82(76,77)79-67-66-73(3,4)5)68-78-71(74)64-62-60-58-56-54-52-50-48-46-44-42-29-27-25-23-21-19-17-15-13-11-9-7-2/h8-11,14-17,20-23,26-29,31-32,34-35,37-38,44,46,70H,6-7,12-13,18-19,24-25,30,33,36,39-43,45,47-69H2,1-5H3/b10-8-,11-9-,16-14-,17-15-,22-20-,23-21-,28-26-,29-27-,32-31-,35-34-,38-37-,46-44-. The van der Waals surface area contributed by atoms with Gasteiger partial charge in [-0.3, -0.25) is 14.2 Å². The van der Waals surface area contributed by atoms with Crippen molar-refractivity contribution in [2.24, 2.45) is 0 Å². The van der Waals surface area contributed by atoms with Crippen LogP contribution in [0.2, 0.25) is 0 Å². The summed E-state index contributed by atoms with van der Waals surface area (Å²) in [7, 11) is 1.14. The zero-order valence-electron chi connectivity index (χ0n) is 52.9. The number of esters is 2. The van der Waals surface area contributed by atoms with Crippen molar-refractivity contribution >= 4 is 19.8 Å². The van der Waals surface area contributed by atoms with Crippen LogP contribution >= 0.6 is 7.82 Å². The van der Waals surface area contributed by atoms with E-state index in [-0.39, 0.29) is 26.1 Å². The number of unbranched alkanes of at least 4 members (excludes halogenated alkanes) is 20. The van der Waals surface area contributed by atoms with E-state index in [0.29, 0.717) is 23.9 Å². The average Bonchev–Trinajstić information content (AvgIpc) is 3.45. The summed E-state index contributed by atoms with van der Waals surface area (Å²) in [5, 5.41) is 0. The third-order valence-electron chi connectivity index (χ3n) is 13.4. The Labute approximate surface area is 503 Å². The van der Waals surface area contributed by atoms with Crippen molar-refractivity contribution in [1.29, 1.82) is 0 Å². The summed E-state index contributed by atoms with van der Waals surface area (Å²) in [5.74, 6) is -0.854. The molecule has 0 N–H and O–H groups in total. The van der Waals surface area contributed by atoms with Crippen molar-refractivity contribution in [3.8, 4) is 0 Å². The molecule has 0 bridgehead atoms.